The van der Waals surface area contributed by atoms with Crippen LogP contribution in [0.5, 0.6) is 11.5 Å². The normalized spacial score (nSPS) is 12.5. The molecule has 0 saturated heterocycles. The van der Waals surface area contributed by atoms with Gasteiger partial charge in [0, 0.05) is 12.8 Å². The van der Waals surface area contributed by atoms with Crippen LogP contribution in [0.1, 0.15) is 52.7 Å². The molecule has 0 fully saturated rings. The van der Waals surface area contributed by atoms with Gasteiger partial charge in [0.05, 0.1) is 14.2 Å². The molecule has 0 bridgehead atoms. The van der Waals surface area contributed by atoms with Gasteiger partial charge in [0.25, 0.3) is 0 Å². The van der Waals surface area contributed by atoms with Crippen molar-refractivity contribution in [2.45, 2.75) is 82.6 Å². The predicted octanol–water partition coefficient (Wildman–Crippen LogP) is 5.06. The lowest BCUT2D eigenvalue weighted by molar-refractivity contribution is -0.143. The SMILES string of the molecule is COC(=O)[C@H](Cc1ccc(O)cc1)NC(=O)OC(C)(C)C.COC(=O)[C@H](Cc1ccc(OS(=O)(=O)c2ccccc2)cc1)NC(=O)OC(C)(C)C. The van der Waals surface area contributed by atoms with Gasteiger partial charge >= 0.3 is 34.2 Å². The second-order valence-electron chi connectivity index (χ2n) is 13.0. The summed E-state index contributed by atoms with van der Waals surface area (Å²) in [5, 5.41) is 14.2. The molecule has 2 atom stereocenters. The molecule has 0 heterocycles. The summed E-state index contributed by atoms with van der Waals surface area (Å²) < 4.78 is 49.4. The molecule has 15 heteroatoms. The van der Waals surface area contributed by atoms with Gasteiger partial charge in [-0.1, -0.05) is 42.5 Å². The molecular weight excluding hydrogens is 684 g/mol. The lowest BCUT2D eigenvalue weighted by Gasteiger charge is -2.22. The van der Waals surface area contributed by atoms with Gasteiger partial charge in [0.15, 0.2) is 0 Å². The molecule has 278 valence electrons. The Morgan fingerprint density at radius 2 is 1.04 bits per heavy atom. The van der Waals surface area contributed by atoms with E-state index in [4.69, 9.17) is 18.4 Å². The minimum atomic E-state index is -3.95. The summed E-state index contributed by atoms with van der Waals surface area (Å²) >= 11 is 0. The van der Waals surface area contributed by atoms with Crippen LogP contribution in [0, 0.1) is 0 Å². The molecule has 0 aliphatic rings. The Morgan fingerprint density at radius 1 is 0.647 bits per heavy atom. The van der Waals surface area contributed by atoms with Crippen molar-refractivity contribution in [3.8, 4) is 11.5 Å². The van der Waals surface area contributed by atoms with Crippen molar-refractivity contribution in [2.24, 2.45) is 0 Å². The number of methoxy groups -OCH3 is 2. The zero-order valence-corrected chi connectivity index (χ0v) is 30.7. The highest BCUT2D eigenvalue weighted by Gasteiger charge is 2.27. The van der Waals surface area contributed by atoms with E-state index in [0.717, 1.165) is 5.56 Å². The van der Waals surface area contributed by atoms with Crippen LogP contribution in [0.25, 0.3) is 0 Å². The van der Waals surface area contributed by atoms with Gasteiger partial charge < -0.3 is 38.9 Å². The number of hydrogen-bond donors (Lipinski definition) is 3. The van der Waals surface area contributed by atoms with Gasteiger partial charge in [0.1, 0.15) is 39.7 Å². The Hall–Kier alpha value is -5.31. The largest absolute Gasteiger partial charge is 0.508 e. The van der Waals surface area contributed by atoms with Gasteiger partial charge in [0.2, 0.25) is 0 Å². The summed E-state index contributed by atoms with van der Waals surface area (Å²) in [5.74, 6) is -0.937. The van der Waals surface area contributed by atoms with E-state index >= 15 is 0 Å². The number of carbonyl (C=O) groups is 4. The Kier molecular flexibility index (Phi) is 15.3. The van der Waals surface area contributed by atoms with Gasteiger partial charge in [-0.3, -0.25) is 0 Å². The number of phenolic OH excluding ortho intramolecular Hbond substituents is 1. The average molecular weight is 731 g/mol. The minimum absolute atomic E-state index is 0.0430. The highest BCUT2D eigenvalue weighted by molar-refractivity contribution is 7.87. The highest BCUT2D eigenvalue weighted by atomic mass is 32.2. The van der Waals surface area contributed by atoms with E-state index < -0.39 is 57.5 Å². The first-order chi connectivity index (χ1) is 23.7. The molecule has 0 saturated carbocycles. The Balaban J connectivity index is 0.000000377. The van der Waals surface area contributed by atoms with Crippen molar-refractivity contribution < 1.29 is 55.8 Å². The molecular formula is C36H46N2O12S. The number of hydrogen-bond acceptors (Lipinski definition) is 12. The van der Waals surface area contributed by atoms with Crippen molar-refractivity contribution in [3.05, 3.63) is 90.0 Å². The van der Waals surface area contributed by atoms with Crippen molar-refractivity contribution >= 4 is 34.2 Å². The summed E-state index contributed by atoms with van der Waals surface area (Å²) in [5.41, 5.74) is 0.0715. The van der Waals surface area contributed by atoms with Gasteiger partial charge in [-0.2, -0.15) is 8.42 Å². The quantitative estimate of drug-likeness (QED) is 0.135. The number of rotatable bonds is 11. The second-order valence-corrected chi connectivity index (χ2v) is 14.6. The predicted molar refractivity (Wildman–Crippen MR) is 187 cm³/mol. The van der Waals surface area contributed by atoms with Crippen LogP contribution in [-0.2, 0) is 51.5 Å². The van der Waals surface area contributed by atoms with Crippen LogP contribution in [0.3, 0.4) is 0 Å². The molecule has 3 N–H and O–H groups in total. The zero-order valence-electron chi connectivity index (χ0n) is 29.9. The maximum Gasteiger partial charge on any atom is 0.408 e. The fraction of sp³-hybridized carbons (Fsp3) is 0.389. The molecule has 3 rings (SSSR count). The number of nitrogens with one attached hydrogen (secondary N) is 2. The molecule has 0 unspecified atom stereocenters. The summed E-state index contributed by atoms with van der Waals surface area (Å²) in [4.78, 5) is 47.6. The molecule has 3 aromatic carbocycles. The van der Waals surface area contributed by atoms with E-state index in [1.807, 2.05) is 0 Å². The third-order valence-corrected chi connectivity index (χ3v) is 7.59. The molecule has 0 radical (unpaired) electrons. The smallest absolute Gasteiger partial charge is 0.408 e. The molecule has 0 aliphatic carbocycles. The lowest BCUT2D eigenvalue weighted by Crippen LogP contribution is -2.45. The van der Waals surface area contributed by atoms with Crippen LogP contribution in [0.2, 0.25) is 0 Å². The average Bonchev–Trinajstić information content (AvgIpc) is 3.04. The molecule has 2 amide bonds. The molecule has 0 aromatic heterocycles. The van der Waals surface area contributed by atoms with Gasteiger partial charge in [-0.25, -0.2) is 19.2 Å². The number of alkyl carbamates (subject to hydrolysis) is 2. The van der Waals surface area contributed by atoms with Crippen molar-refractivity contribution in [2.75, 3.05) is 14.2 Å². The fourth-order valence-electron chi connectivity index (χ4n) is 4.12. The number of phenols is 1. The Morgan fingerprint density at radius 3 is 1.41 bits per heavy atom. The van der Waals surface area contributed by atoms with Crippen LogP contribution >= 0.6 is 0 Å². The topological polar surface area (TPSA) is 193 Å². The first kappa shape index (κ1) is 41.9. The van der Waals surface area contributed by atoms with Crippen LogP contribution < -0.4 is 14.8 Å². The maximum absolute atomic E-state index is 12.3. The van der Waals surface area contributed by atoms with Crippen LogP contribution in [-0.4, -0.2) is 75.2 Å². The minimum Gasteiger partial charge on any atom is -0.508 e. The van der Waals surface area contributed by atoms with Gasteiger partial charge in [-0.05, 0) is 89.1 Å². The first-order valence-corrected chi connectivity index (χ1v) is 17.1. The van der Waals surface area contributed by atoms with E-state index in [2.05, 4.69) is 15.4 Å². The fourth-order valence-corrected chi connectivity index (χ4v) is 5.07. The number of esters is 2. The standard InChI is InChI=1S/C21H25NO7S.C15H21NO5/c1-21(2,3)28-20(24)22-18(19(23)27-4)14-15-10-12-16(13-11-15)29-30(25,26)17-8-6-5-7-9-17;1-15(2,3)21-14(19)16-12(13(18)20-4)9-10-5-7-11(17)8-6-10/h5-13,18H,14H2,1-4H3,(H,22,24);5-8,12,17H,9H2,1-4H3,(H,16,19)/t18-;12-/m00/s1. The van der Waals surface area contributed by atoms with E-state index in [-0.39, 0.29) is 29.2 Å². The van der Waals surface area contributed by atoms with Crippen LogP contribution in [0.4, 0.5) is 9.59 Å². The number of carbonyl (C=O) groups excluding carboxylic acids is 4. The van der Waals surface area contributed by atoms with Crippen molar-refractivity contribution in [3.63, 3.8) is 0 Å². The summed E-state index contributed by atoms with van der Waals surface area (Å²) in [6, 6.07) is 18.5. The monoisotopic (exact) mass is 730 g/mol. The lowest BCUT2D eigenvalue weighted by atomic mass is 10.1. The van der Waals surface area contributed by atoms with E-state index in [0.29, 0.717) is 5.56 Å². The number of benzene rings is 3. The van der Waals surface area contributed by atoms with Crippen molar-refractivity contribution in [1.29, 1.82) is 0 Å². The number of ether oxygens (including phenoxy) is 4. The van der Waals surface area contributed by atoms with Crippen molar-refractivity contribution in [1.82, 2.24) is 10.6 Å². The third-order valence-electron chi connectivity index (χ3n) is 6.33. The number of aromatic hydroxyl groups is 1. The zero-order chi connectivity index (χ0) is 38.4. The maximum atomic E-state index is 12.3. The highest BCUT2D eigenvalue weighted by Crippen LogP contribution is 2.20. The molecule has 51 heavy (non-hydrogen) atoms. The second kappa shape index (κ2) is 18.6. The van der Waals surface area contributed by atoms with E-state index in [9.17, 15) is 32.7 Å². The molecule has 0 aliphatic heterocycles. The summed E-state index contributed by atoms with van der Waals surface area (Å²) in [6.07, 6.45) is -1.06. The van der Waals surface area contributed by atoms with E-state index in [1.54, 1.807) is 84.0 Å². The van der Waals surface area contributed by atoms with E-state index in [1.165, 1.54) is 50.6 Å². The number of amides is 2. The third kappa shape index (κ3) is 15.8. The van der Waals surface area contributed by atoms with Gasteiger partial charge in [-0.15, -0.1) is 0 Å². The molecule has 0 spiro atoms. The van der Waals surface area contributed by atoms with Crippen LogP contribution in [0.15, 0.2) is 83.8 Å². The molecule has 14 nitrogen and oxygen atoms in total. The Bertz CT molecular complexity index is 1700. The Labute approximate surface area is 298 Å². The first-order valence-electron chi connectivity index (χ1n) is 15.7. The summed E-state index contributed by atoms with van der Waals surface area (Å²) in [7, 11) is -1.47. The molecule has 3 aromatic rings. The summed E-state index contributed by atoms with van der Waals surface area (Å²) in [6.45, 7) is 10.3.